The van der Waals surface area contributed by atoms with E-state index in [4.69, 9.17) is 4.52 Å². The van der Waals surface area contributed by atoms with Crippen LogP contribution in [0.25, 0.3) is 0 Å². The molecule has 0 radical (unpaired) electrons. The summed E-state index contributed by atoms with van der Waals surface area (Å²) >= 11 is 0. The summed E-state index contributed by atoms with van der Waals surface area (Å²) < 4.78 is 5.19. The maximum atomic E-state index is 12.4. The smallest absolute Gasteiger partial charge is 0.274 e. The van der Waals surface area contributed by atoms with E-state index in [0.717, 1.165) is 18.5 Å². The molecule has 1 aliphatic carbocycles. The zero-order valence-electron chi connectivity index (χ0n) is 13.0. The van der Waals surface area contributed by atoms with Crippen LogP contribution >= 0.6 is 0 Å². The third kappa shape index (κ3) is 3.16. The average Bonchev–Trinajstić information content (AvgIpc) is 3.19. The standard InChI is InChI=1S/C16H20N4O2/c1-9(2)13-8-12(20-22-13)16(21)19-14(11-4-5-11)15-17-7-6-10(3)18-15/h6-9,11,14H,4-5H2,1-3H3,(H,19,21)/t14-/m0/s1. The molecule has 116 valence electrons. The molecule has 0 unspecified atom stereocenters. The van der Waals surface area contributed by atoms with Crippen LogP contribution in [-0.4, -0.2) is 21.0 Å². The molecule has 1 amide bonds. The highest BCUT2D eigenvalue weighted by atomic mass is 16.5. The van der Waals surface area contributed by atoms with Crippen LogP contribution in [0.2, 0.25) is 0 Å². The topological polar surface area (TPSA) is 80.9 Å². The number of nitrogens with zero attached hydrogens (tertiary/aromatic N) is 3. The number of amides is 1. The van der Waals surface area contributed by atoms with E-state index in [2.05, 4.69) is 20.4 Å². The minimum atomic E-state index is -0.238. The summed E-state index contributed by atoms with van der Waals surface area (Å²) in [7, 11) is 0. The van der Waals surface area contributed by atoms with Crippen molar-refractivity contribution >= 4 is 5.91 Å². The van der Waals surface area contributed by atoms with Gasteiger partial charge >= 0.3 is 0 Å². The summed E-state index contributed by atoms with van der Waals surface area (Å²) in [4.78, 5) is 21.1. The van der Waals surface area contributed by atoms with Crippen LogP contribution < -0.4 is 5.32 Å². The lowest BCUT2D eigenvalue weighted by Gasteiger charge is -2.16. The van der Waals surface area contributed by atoms with Crippen LogP contribution in [0.5, 0.6) is 0 Å². The Hall–Kier alpha value is -2.24. The Morgan fingerprint density at radius 1 is 1.41 bits per heavy atom. The lowest BCUT2D eigenvalue weighted by Crippen LogP contribution is -2.31. The Labute approximate surface area is 129 Å². The van der Waals surface area contributed by atoms with Crippen molar-refractivity contribution in [2.24, 2.45) is 5.92 Å². The molecule has 6 heteroatoms. The van der Waals surface area contributed by atoms with Crippen molar-refractivity contribution < 1.29 is 9.32 Å². The van der Waals surface area contributed by atoms with Crippen molar-refractivity contribution in [1.82, 2.24) is 20.4 Å². The summed E-state index contributed by atoms with van der Waals surface area (Å²) in [5.74, 6) is 1.75. The fourth-order valence-corrected chi connectivity index (χ4v) is 2.32. The van der Waals surface area contributed by atoms with Crippen LogP contribution in [0.15, 0.2) is 22.9 Å². The molecule has 22 heavy (non-hydrogen) atoms. The summed E-state index contributed by atoms with van der Waals surface area (Å²) in [6, 6.07) is 3.38. The molecule has 0 saturated heterocycles. The van der Waals surface area contributed by atoms with E-state index >= 15 is 0 Å². The molecule has 3 rings (SSSR count). The largest absolute Gasteiger partial charge is 0.360 e. The van der Waals surface area contributed by atoms with E-state index in [1.807, 2.05) is 26.8 Å². The maximum absolute atomic E-state index is 12.4. The normalized spacial score (nSPS) is 15.8. The predicted octanol–water partition coefficient (Wildman–Crippen LogP) is 2.78. The summed E-state index contributed by atoms with van der Waals surface area (Å²) in [6.45, 7) is 5.91. The van der Waals surface area contributed by atoms with Crippen LogP contribution in [0.1, 0.15) is 66.4 Å². The molecule has 1 fully saturated rings. The van der Waals surface area contributed by atoms with Gasteiger partial charge in [-0.25, -0.2) is 9.97 Å². The van der Waals surface area contributed by atoms with Gasteiger partial charge in [-0.15, -0.1) is 0 Å². The van der Waals surface area contributed by atoms with Gasteiger partial charge in [0.05, 0.1) is 6.04 Å². The molecular formula is C16H20N4O2. The minimum Gasteiger partial charge on any atom is -0.360 e. The molecule has 6 nitrogen and oxygen atoms in total. The van der Waals surface area contributed by atoms with E-state index in [9.17, 15) is 4.79 Å². The Morgan fingerprint density at radius 3 is 2.77 bits per heavy atom. The fraction of sp³-hybridized carbons (Fsp3) is 0.500. The zero-order valence-corrected chi connectivity index (χ0v) is 13.0. The summed E-state index contributed by atoms with van der Waals surface area (Å²) in [5.41, 5.74) is 1.20. The number of rotatable bonds is 5. The van der Waals surface area contributed by atoms with Crippen molar-refractivity contribution in [2.45, 2.75) is 45.6 Å². The third-order valence-electron chi connectivity index (χ3n) is 3.80. The van der Waals surface area contributed by atoms with Gasteiger partial charge in [-0.05, 0) is 31.7 Å². The second kappa shape index (κ2) is 5.87. The molecule has 2 heterocycles. The van der Waals surface area contributed by atoms with Crippen molar-refractivity contribution in [3.63, 3.8) is 0 Å². The van der Waals surface area contributed by atoms with Gasteiger partial charge in [0.25, 0.3) is 5.91 Å². The third-order valence-corrected chi connectivity index (χ3v) is 3.80. The van der Waals surface area contributed by atoms with Crippen molar-refractivity contribution in [3.05, 3.63) is 41.3 Å². The highest BCUT2D eigenvalue weighted by molar-refractivity contribution is 5.92. The average molecular weight is 300 g/mol. The predicted molar refractivity (Wildman–Crippen MR) is 80.3 cm³/mol. The highest BCUT2D eigenvalue weighted by Crippen LogP contribution is 2.40. The molecule has 0 aliphatic heterocycles. The number of carbonyl (C=O) groups is 1. The van der Waals surface area contributed by atoms with Gasteiger partial charge in [-0.1, -0.05) is 19.0 Å². The van der Waals surface area contributed by atoms with Gasteiger partial charge in [-0.2, -0.15) is 0 Å². The van der Waals surface area contributed by atoms with E-state index in [0.29, 0.717) is 23.2 Å². The number of hydrogen-bond donors (Lipinski definition) is 1. The molecular weight excluding hydrogens is 280 g/mol. The van der Waals surface area contributed by atoms with Gasteiger partial charge in [0.1, 0.15) is 5.76 Å². The van der Waals surface area contributed by atoms with Crippen molar-refractivity contribution in [2.75, 3.05) is 0 Å². The van der Waals surface area contributed by atoms with Gasteiger partial charge in [0.2, 0.25) is 0 Å². The molecule has 1 N–H and O–H groups in total. The molecule has 0 bridgehead atoms. The second-order valence-electron chi connectivity index (χ2n) is 6.11. The molecule has 2 aromatic heterocycles. The van der Waals surface area contributed by atoms with Gasteiger partial charge in [-0.3, -0.25) is 4.79 Å². The first-order valence-corrected chi connectivity index (χ1v) is 7.61. The molecule has 0 spiro atoms. The monoisotopic (exact) mass is 300 g/mol. The van der Waals surface area contributed by atoms with E-state index in [1.165, 1.54) is 0 Å². The quantitative estimate of drug-likeness (QED) is 0.918. The lowest BCUT2D eigenvalue weighted by atomic mass is 10.1. The van der Waals surface area contributed by atoms with Crippen LogP contribution in [0, 0.1) is 12.8 Å². The summed E-state index contributed by atoms with van der Waals surface area (Å²) in [5, 5.41) is 6.86. The number of hydrogen-bond acceptors (Lipinski definition) is 5. The zero-order chi connectivity index (χ0) is 15.7. The molecule has 1 saturated carbocycles. The Kier molecular flexibility index (Phi) is 3.92. The van der Waals surface area contributed by atoms with Crippen molar-refractivity contribution in [1.29, 1.82) is 0 Å². The SMILES string of the molecule is Cc1ccnc([C@@H](NC(=O)c2cc(C(C)C)on2)C2CC2)n1. The second-order valence-corrected chi connectivity index (χ2v) is 6.11. The number of aryl methyl sites for hydroxylation is 1. The van der Waals surface area contributed by atoms with E-state index in [1.54, 1.807) is 12.3 Å². The van der Waals surface area contributed by atoms with E-state index in [-0.39, 0.29) is 17.9 Å². The van der Waals surface area contributed by atoms with Crippen LogP contribution in [0.4, 0.5) is 0 Å². The van der Waals surface area contributed by atoms with Crippen molar-refractivity contribution in [3.8, 4) is 0 Å². The fourth-order valence-electron chi connectivity index (χ4n) is 2.32. The Bertz CT molecular complexity index is 676. The lowest BCUT2D eigenvalue weighted by molar-refractivity contribution is 0.0920. The molecule has 1 aliphatic rings. The van der Waals surface area contributed by atoms with Gasteiger partial charge in [0, 0.05) is 23.9 Å². The van der Waals surface area contributed by atoms with Gasteiger partial charge in [0.15, 0.2) is 11.5 Å². The minimum absolute atomic E-state index is 0.161. The van der Waals surface area contributed by atoms with Crippen LogP contribution in [-0.2, 0) is 0 Å². The van der Waals surface area contributed by atoms with Gasteiger partial charge < -0.3 is 9.84 Å². The van der Waals surface area contributed by atoms with E-state index < -0.39 is 0 Å². The molecule has 1 atom stereocenters. The highest BCUT2D eigenvalue weighted by Gasteiger charge is 2.36. The summed E-state index contributed by atoms with van der Waals surface area (Å²) in [6.07, 6.45) is 3.89. The first kappa shape index (κ1) is 14.7. The Balaban J connectivity index is 1.77. The Morgan fingerprint density at radius 2 is 2.18 bits per heavy atom. The number of carbonyl (C=O) groups excluding carboxylic acids is 1. The number of nitrogens with one attached hydrogen (secondary N) is 1. The number of aromatic nitrogens is 3. The first-order chi connectivity index (χ1) is 10.5. The maximum Gasteiger partial charge on any atom is 0.274 e. The van der Waals surface area contributed by atoms with Crippen LogP contribution in [0.3, 0.4) is 0 Å². The molecule has 0 aromatic carbocycles. The molecule has 2 aromatic rings. The first-order valence-electron chi connectivity index (χ1n) is 7.61.